The first-order valence-electron chi connectivity index (χ1n) is 9.93. The fourth-order valence-corrected chi connectivity index (χ4v) is 4.20. The monoisotopic (exact) mass is 436 g/mol. The van der Waals surface area contributed by atoms with E-state index in [9.17, 15) is 14.0 Å². The van der Waals surface area contributed by atoms with Gasteiger partial charge >= 0.3 is 5.69 Å². The van der Waals surface area contributed by atoms with Crippen LogP contribution < -0.4 is 11.0 Å². The number of carbonyl (C=O) groups excluding carboxylic acids is 1. The van der Waals surface area contributed by atoms with Crippen LogP contribution >= 0.6 is 11.3 Å². The predicted octanol–water partition coefficient (Wildman–Crippen LogP) is 3.85. The Morgan fingerprint density at radius 3 is 2.42 bits per heavy atom. The topological polar surface area (TPSA) is 76.9 Å². The largest absolute Gasteiger partial charge is 0.350 e. The van der Waals surface area contributed by atoms with Crippen molar-refractivity contribution in [1.82, 2.24) is 19.9 Å². The molecule has 0 bridgehead atoms. The van der Waals surface area contributed by atoms with E-state index in [0.717, 1.165) is 22.6 Å². The van der Waals surface area contributed by atoms with E-state index in [1.165, 1.54) is 33.6 Å². The summed E-state index contributed by atoms with van der Waals surface area (Å²) in [5.41, 5.74) is 3.42. The van der Waals surface area contributed by atoms with Crippen molar-refractivity contribution in [3.05, 3.63) is 81.0 Å². The highest BCUT2D eigenvalue weighted by Gasteiger charge is 2.18. The van der Waals surface area contributed by atoms with E-state index in [-0.39, 0.29) is 24.8 Å². The van der Waals surface area contributed by atoms with Gasteiger partial charge in [-0.25, -0.2) is 14.2 Å². The third-order valence-electron chi connectivity index (χ3n) is 4.96. The summed E-state index contributed by atoms with van der Waals surface area (Å²) in [5, 5.41) is 3.55. The number of nitrogens with one attached hydrogen (secondary N) is 1. The van der Waals surface area contributed by atoms with Crippen molar-refractivity contribution in [2.45, 2.75) is 33.4 Å². The first-order chi connectivity index (χ1) is 14.9. The van der Waals surface area contributed by atoms with Crippen molar-refractivity contribution in [3.8, 4) is 11.3 Å². The molecule has 0 spiro atoms. The van der Waals surface area contributed by atoms with Crippen molar-refractivity contribution < 1.29 is 9.18 Å². The Hall–Kier alpha value is -3.39. The summed E-state index contributed by atoms with van der Waals surface area (Å²) in [6.07, 6.45) is 0.924. The molecule has 0 radical (unpaired) electrons. The lowest BCUT2D eigenvalue weighted by Gasteiger charge is -2.10. The molecule has 2 aromatic carbocycles. The van der Waals surface area contributed by atoms with E-state index >= 15 is 0 Å². The third-order valence-corrected chi connectivity index (χ3v) is 5.96. The molecule has 158 valence electrons. The molecule has 0 aliphatic carbocycles. The van der Waals surface area contributed by atoms with Gasteiger partial charge < -0.3 is 5.32 Å². The lowest BCUT2D eigenvalue weighted by molar-refractivity contribution is -0.121. The van der Waals surface area contributed by atoms with Crippen molar-refractivity contribution in [2.75, 3.05) is 0 Å². The Morgan fingerprint density at radius 2 is 1.74 bits per heavy atom. The molecule has 0 atom stereocenters. The first-order valence-corrected chi connectivity index (χ1v) is 10.7. The minimum absolute atomic E-state index is 0.166. The molecule has 4 aromatic rings. The lowest BCUT2D eigenvalue weighted by Crippen LogP contribution is -2.33. The highest BCUT2D eigenvalue weighted by molar-refractivity contribution is 7.18. The molecular formula is C23H21FN4O2S. The van der Waals surface area contributed by atoms with Gasteiger partial charge in [0.2, 0.25) is 5.91 Å². The van der Waals surface area contributed by atoms with Crippen LogP contribution in [0.5, 0.6) is 0 Å². The van der Waals surface area contributed by atoms with Gasteiger partial charge in [0.25, 0.3) is 0 Å². The second-order valence-corrected chi connectivity index (χ2v) is 8.35. The zero-order valence-corrected chi connectivity index (χ0v) is 18.0. The number of nitrogens with zero attached hydrogens (tertiary/aromatic N) is 3. The zero-order chi connectivity index (χ0) is 22.0. The molecule has 1 amide bonds. The number of benzene rings is 2. The number of hydrogen-bond donors (Lipinski definition) is 1. The number of rotatable bonds is 6. The average molecular weight is 437 g/mol. The molecule has 2 heterocycles. The van der Waals surface area contributed by atoms with Gasteiger partial charge in [-0.1, -0.05) is 43.3 Å². The van der Waals surface area contributed by atoms with Gasteiger partial charge in [-0.05, 0) is 36.6 Å². The van der Waals surface area contributed by atoms with Gasteiger partial charge in [-0.15, -0.1) is 11.3 Å². The highest BCUT2D eigenvalue weighted by Crippen LogP contribution is 2.29. The molecule has 8 heteroatoms. The number of aryl methyl sites for hydroxylation is 2. The van der Waals surface area contributed by atoms with Crippen LogP contribution in [0.15, 0.2) is 53.3 Å². The van der Waals surface area contributed by atoms with E-state index in [1.807, 2.05) is 31.2 Å². The normalized spacial score (nSPS) is 11.1. The van der Waals surface area contributed by atoms with Crippen molar-refractivity contribution in [2.24, 2.45) is 0 Å². The van der Waals surface area contributed by atoms with Crippen LogP contribution in [0.25, 0.3) is 21.6 Å². The Bertz CT molecular complexity index is 1290. The molecule has 0 fully saturated rings. The second-order valence-electron chi connectivity index (χ2n) is 7.17. The molecule has 0 aliphatic rings. The van der Waals surface area contributed by atoms with Crippen molar-refractivity contribution >= 4 is 27.6 Å². The fraction of sp³-hybridized carbons (Fsp3) is 0.217. The second kappa shape index (κ2) is 8.77. The van der Waals surface area contributed by atoms with Gasteiger partial charge in [-0.2, -0.15) is 4.98 Å². The maximum Gasteiger partial charge on any atom is 0.349 e. The summed E-state index contributed by atoms with van der Waals surface area (Å²) < 4.78 is 14.4. The van der Waals surface area contributed by atoms with Crippen LogP contribution in [0.1, 0.15) is 23.1 Å². The molecule has 0 saturated carbocycles. The van der Waals surface area contributed by atoms with Crippen LogP contribution in [0.3, 0.4) is 0 Å². The van der Waals surface area contributed by atoms with Gasteiger partial charge in [0.15, 0.2) is 0 Å². The number of carbonyl (C=O) groups is 1. The molecule has 0 saturated heterocycles. The minimum atomic E-state index is -0.498. The zero-order valence-electron chi connectivity index (χ0n) is 17.2. The smallest absolute Gasteiger partial charge is 0.349 e. The maximum absolute atomic E-state index is 13.0. The molecule has 1 N–H and O–H groups in total. The van der Waals surface area contributed by atoms with Crippen molar-refractivity contribution in [3.63, 3.8) is 0 Å². The van der Waals surface area contributed by atoms with Crippen LogP contribution in [-0.2, 0) is 24.3 Å². The number of hydrogen-bond acceptors (Lipinski definition) is 5. The summed E-state index contributed by atoms with van der Waals surface area (Å²) in [6, 6.07) is 13.8. The minimum Gasteiger partial charge on any atom is -0.350 e. The van der Waals surface area contributed by atoms with Gasteiger partial charge in [0, 0.05) is 12.1 Å². The average Bonchev–Trinajstić information content (AvgIpc) is 3.16. The lowest BCUT2D eigenvalue weighted by atomic mass is 10.1. The molecule has 31 heavy (non-hydrogen) atoms. The SMILES string of the molecule is CCc1ccc(-c2nc(=O)n(CC(=O)NCc3ccc(F)cc3)c3sc(C)nc23)cc1. The Morgan fingerprint density at radius 1 is 1.06 bits per heavy atom. The van der Waals surface area contributed by atoms with Crippen molar-refractivity contribution in [1.29, 1.82) is 0 Å². The van der Waals surface area contributed by atoms with E-state index in [4.69, 9.17) is 0 Å². The molecule has 2 aromatic heterocycles. The van der Waals surface area contributed by atoms with Gasteiger partial charge in [0.1, 0.15) is 28.4 Å². The van der Waals surface area contributed by atoms with E-state index in [1.54, 1.807) is 12.1 Å². The maximum atomic E-state index is 13.0. The van der Waals surface area contributed by atoms with E-state index < -0.39 is 5.69 Å². The third kappa shape index (κ3) is 4.54. The Kier molecular flexibility index (Phi) is 5.90. The fourth-order valence-electron chi connectivity index (χ4n) is 3.29. The highest BCUT2D eigenvalue weighted by atomic mass is 32.1. The Labute approximate surface area is 182 Å². The number of thiazole rings is 1. The molecule has 4 rings (SSSR count). The molecule has 0 aliphatic heterocycles. The molecule has 0 unspecified atom stereocenters. The summed E-state index contributed by atoms with van der Waals surface area (Å²) in [5.74, 6) is -0.666. The summed E-state index contributed by atoms with van der Waals surface area (Å²) in [4.78, 5) is 34.7. The molecule has 6 nitrogen and oxygen atoms in total. The standard InChI is InChI=1S/C23H21FN4O2S/c1-3-15-4-8-17(9-5-15)20-21-22(31-14(2)26-21)28(23(30)27-20)13-19(29)25-12-16-6-10-18(24)11-7-16/h4-11H,3,12-13H2,1-2H3,(H,25,29). The quantitative estimate of drug-likeness (QED) is 0.498. The summed E-state index contributed by atoms with van der Waals surface area (Å²) >= 11 is 1.36. The van der Waals surface area contributed by atoms with Crippen LogP contribution in [0.2, 0.25) is 0 Å². The van der Waals surface area contributed by atoms with Crippen LogP contribution in [-0.4, -0.2) is 20.4 Å². The molecular weight excluding hydrogens is 415 g/mol. The number of amides is 1. The van der Waals surface area contributed by atoms with Crippen LogP contribution in [0, 0.1) is 12.7 Å². The number of fused-ring (bicyclic) bond motifs is 1. The number of aromatic nitrogens is 3. The van der Waals surface area contributed by atoms with Gasteiger partial charge in [-0.3, -0.25) is 9.36 Å². The Balaban J connectivity index is 1.62. The first kappa shape index (κ1) is 20.9. The predicted molar refractivity (Wildman–Crippen MR) is 119 cm³/mol. The van der Waals surface area contributed by atoms with E-state index in [0.29, 0.717) is 16.0 Å². The van der Waals surface area contributed by atoms with Crippen LogP contribution in [0.4, 0.5) is 4.39 Å². The summed E-state index contributed by atoms with van der Waals surface area (Å²) in [6.45, 7) is 4.02. The number of halogens is 1. The van der Waals surface area contributed by atoms with Gasteiger partial charge in [0.05, 0.1) is 5.01 Å². The summed E-state index contributed by atoms with van der Waals surface area (Å²) in [7, 11) is 0. The van der Waals surface area contributed by atoms with E-state index in [2.05, 4.69) is 22.2 Å².